The van der Waals surface area contributed by atoms with Crippen molar-refractivity contribution in [3.05, 3.63) is 16.6 Å². The Labute approximate surface area is 99.7 Å². The lowest BCUT2D eigenvalue weighted by molar-refractivity contribution is -0.131. The molecule has 1 aliphatic heterocycles. The van der Waals surface area contributed by atoms with Gasteiger partial charge in [-0.2, -0.15) is 0 Å². The first-order valence-electron chi connectivity index (χ1n) is 5.73. The molecule has 0 aromatic carbocycles. The molecule has 1 N–H and O–H groups in total. The number of nitrogens with zero attached hydrogens (tertiary/aromatic N) is 2. The van der Waals surface area contributed by atoms with E-state index in [0.717, 1.165) is 30.9 Å². The van der Waals surface area contributed by atoms with Gasteiger partial charge in [-0.05, 0) is 19.3 Å². The maximum Gasteiger partial charge on any atom is 0.236 e. The van der Waals surface area contributed by atoms with E-state index in [0.29, 0.717) is 13.1 Å². The Kier molecular flexibility index (Phi) is 4.30. The van der Waals surface area contributed by atoms with Gasteiger partial charge in [0.1, 0.15) is 5.01 Å². The van der Waals surface area contributed by atoms with Crippen LogP contribution in [0.15, 0.2) is 11.6 Å². The molecule has 0 atom stereocenters. The molecule has 88 valence electrons. The lowest BCUT2D eigenvalue weighted by Gasteiger charge is -2.26. The molecule has 1 aliphatic rings. The van der Waals surface area contributed by atoms with Crippen molar-refractivity contribution in [2.75, 3.05) is 19.6 Å². The van der Waals surface area contributed by atoms with Crippen molar-refractivity contribution in [1.82, 2.24) is 15.2 Å². The Bertz CT molecular complexity index is 320. The molecule has 1 saturated heterocycles. The van der Waals surface area contributed by atoms with Crippen LogP contribution >= 0.6 is 11.3 Å². The van der Waals surface area contributed by atoms with Crippen molar-refractivity contribution >= 4 is 17.2 Å². The fourth-order valence-electron chi connectivity index (χ4n) is 1.87. The molecule has 1 aromatic rings. The first kappa shape index (κ1) is 11.5. The normalized spacial score (nSPS) is 16.4. The molecule has 1 aromatic heterocycles. The van der Waals surface area contributed by atoms with E-state index in [1.54, 1.807) is 17.5 Å². The van der Waals surface area contributed by atoms with Gasteiger partial charge in [-0.15, -0.1) is 11.3 Å². The lowest BCUT2D eigenvalue weighted by atomic mass is 10.1. The molecule has 0 radical (unpaired) electrons. The van der Waals surface area contributed by atoms with E-state index in [4.69, 9.17) is 0 Å². The fourth-order valence-corrected chi connectivity index (χ4v) is 2.46. The van der Waals surface area contributed by atoms with Gasteiger partial charge in [0.2, 0.25) is 5.91 Å². The summed E-state index contributed by atoms with van der Waals surface area (Å²) in [6.45, 7) is 2.98. The van der Waals surface area contributed by atoms with Crippen LogP contribution in [0.2, 0.25) is 0 Å². The fraction of sp³-hybridized carbons (Fsp3) is 0.636. The van der Waals surface area contributed by atoms with Gasteiger partial charge in [-0.1, -0.05) is 0 Å². The van der Waals surface area contributed by atoms with Gasteiger partial charge in [0, 0.05) is 31.2 Å². The standard InChI is InChI=1S/C11H17N3OS/c15-11(14-5-2-1-3-6-14)9-12-8-10-13-4-7-16-10/h4,7,12H,1-3,5-6,8-9H2. The zero-order valence-electron chi connectivity index (χ0n) is 9.32. The van der Waals surface area contributed by atoms with Crippen LogP contribution in [0.5, 0.6) is 0 Å². The molecule has 0 bridgehead atoms. The van der Waals surface area contributed by atoms with Crippen LogP contribution in [-0.2, 0) is 11.3 Å². The highest BCUT2D eigenvalue weighted by Crippen LogP contribution is 2.08. The maximum atomic E-state index is 11.8. The highest BCUT2D eigenvalue weighted by Gasteiger charge is 2.15. The molecule has 1 amide bonds. The summed E-state index contributed by atoms with van der Waals surface area (Å²) in [7, 11) is 0. The molecule has 1 fully saturated rings. The molecule has 2 rings (SSSR count). The molecule has 0 unspecified atom stereocenters. The summed E-state index contributed by atoms with van der Waals surface area (Å²) in [6, 6.07) is 0. The van der Waals surface area contributed by atoms with Crippen molar-refractivity contribution in [2.45, 2.75) is 25.8 Å². The third-order valence-corrected chi connectivity index (χ3v) is 3.52. The van der Waals surface area contributed by atoms with Gasteiger partial charge in [0.15, 0.2) is 0 Å². The third kappa shape index (κ3) is 3.28. The van der Waals surface area contributed by atoms with Crippen molar-refractivity contribution in [3.8, 4) is 0 Å². The number of carbonyl (C=O) groups excluding carboxylic acids is 1. The quantitative estimate of drug-likeness (QED) is 0.860. The van der Waals surface area contributed by atoms with Crippen LogP contribution in [0.25, 0.3) is 0 Å². The van der Waals surface area contributed by atoms with Gasteiger partial charge in [0.25, 0.3) is 0 Å². The Balaban J connectivity index is 1.67. The van der Waals surface area contributed by atoms with Crippen LogP contribution in [0.1, 0.15) is 24.3 Å². The second kappa shape index (κ2) is 5.96. The predicted molar refractivity (Wildman–Crippen MR) is 64.3 cm³/mol. The molecule has 16 heavy (non-hydrogen) atoms. The summed E-state index contributed by atoms with van der Waals surface area (Å²) >= 11 is 1.61. The maximum absolute atomic E-state index is 11.8. The van der Waals surface area contributed by atoms with Crippen LogP contribution in [0.3, 0.4) is 0 Å². The third-order valence-electron chi connectivity index (χ3n) is 2.74. The van der Waals surface area contributed by atoms with E-state index in [1.807, 2.05) is 10.3 Å². The molecule has 4 nitrogen and oxygen atoms in total. The number of thiazole rings is 1. The van der Waals surface area contributed by atoms with Crippen molar-refractivity contribution in [2.24, 2.45) is 0 Å². The topological polar surface area (TPSA) is 45.2 Å². The van der Waals surface area contributed by atoms with E-state index in [-0.39, 0.29) is 5.91 Å². The summed E-state index contributed by atoms with van der Waals surface area (Å²) in [5.74, 6) is 0.219. The molecule has 0 aliphatic carbocycles. The van der Waals surface area contributed by atoms with E-state index >= 15 is 0 Å². The first-order valence-corrected chi connectivity index (χ1v) is 6.61. The molecular weight excluding hydrogens is 222 g/mol. The summed E-state index contributed by atoms with van der Waals surface area (Å²) in [6.07, 6.45) is 5.35. The van der Waals surface area contributed by atoms with Crippen LogP contribution in [0, 0.1) is 0 Å². The lowest BCUT2D eigenvalue weighted by Crippen LogP contribution is -2.40. The zero-order chi connectivity index (χ0) is 11.2. The van der Waals surface area contributed by atoms with Crippen LogP contribution in [0.4, 0.5) is 0 Å². The SMILES string of the molecule is O=C(CNCc1nccs1)N1CCCCC1. The number of nitrogens with one attached hydrogen (secondary N) is 1. The predicted octanol–water partition coefficient (Wildman–Crippen LogP) is 1.25. The monoisotopic (exact) mass is 239 g/mol. The van der Waals surface area contributed by atoms with E-state index in [9.17, 15) is 4.79 Å². The Hall–Kier alpha value is -0.940. The molecule has 0 saturated carbocycles. The average molecular weight is 239 g/mol. The van der Waals surface area contributed by atoms with Gasteiger partial charge in [-0.3, -0.25) is 4.79 Å². The smallest absolute Gasteiger partial charge is 0.236 e. The molecule has 2 heterocycles. The van der Waals surface area contributed by atoms with Gasteiger partial charge in [-0.25, -0.2) is 4.98 Å². The zero-order valence-corrected chi connectivity index (χ0v) is 10.1. The molecule has 5 heteroatoms. The van der Waals surface area contributed by atoms with E-state index in [2.05, 4.69) is 10.3 Å². The van der Waals surface area contributed by atoms with E-state index in [1.165, 1.54) is 6.42 Å². The minimum Gasteiger partial charge on any atom is -0.342 e. The number of piperidine rings is 1. The number of likely N-dealkylation sites (tertiary alicyclic amines) is 1. The highest BCUT2D eigenvalue weighted by molar-refractivity contribution is 7.09. The summed E-state index contributed by atoms with van der Waals surface area (Å²) in [4.78, 5) is 17.9. The average Bonchev–Trinajstić information content (AvgIpc) is 2.83. The second-order valence-electron chi connectivity index (χ2n) is 3.97. The first-order chi connectivity index (χ1) is 7.86. The molecular formula is C11H17N3OS. The number of amides is 1. The van der Waals surface area contributed by atoms with Gasteiger partial charge < -0.3 is 10.2 Å². The Morgan fingerprint density at radius 1 is 1.44 bits per heavy atom. The Morgan fingerprint density at radius 2 is 2.25 bits per heavy atom. The van der Waals surface area contributed by atoms with Crippen molar-refractivity contribution in [1.29, 1.82) is 0 Å². The van der Waals surface area contributed by atoms with Gasteiger partial charge in [0.05, 0.1) is 6.54 Å². The number of hydrogen-bond donors (Lipinski definition) is 1. The number of rotatable bonds is 4. The summed E-state index contributed by atoms with van der Waals surface area (Å²) in [5.41, 5.74) is 0. The number of aromatic nitrogens is 1. The number of hydrogen-bond acceptors (Lipinski definition) is 4. The minimum absolute atomic E-state index is 0.219. The minimum atomic E-state index is 0.219. The van der Waals surface area contributed by atoms with E-state index < -0.39 is 0 Å². The highest BCUT2D eigenvalue weighted by atomic mass is 32.1. The van der Waals surface area contributed by atoms with Gasteiger partial charge >= 0.3 is 0 Å². The number of carbonyl (C=O) groups is 1. The summed E-state index contributed by atoms with van der Waals surface area (Å²) < 4.78 is 0. The van der Waals surface area contributed by atoms with Crippen LogP contribution < -0.4 is 5.32 Å². The second-order valence-corrected chi connectivity index (χ2v) is 4.95. The summed E-state index contributed by atoms with van der Waals surface area (Å²) in [5, 5.41) is 6.12. The van der Waals surface area contributed by atoms with Crippen LogP contribution in [-0.4, -0.2) is 35.4 Å². The van der Waals surface area contributed by atoms with Crippen molar-refractivity contribution in [3.63, 3.8) is 0 Å². The largest absolute Gasteiger partial charge is 0.342 e. The Morgan fingerprint density at radius 3 is 2.94 bits per heavy atom. The molecule has 0 spiro atoms. The van der Waals surface area contributed by atoms with Crippen molar-refractivity contribution < 1.29 is 4.79 Å².